The van der Waals surface area contributed by atoms with Crippen LogP contribution in [0.3, 0.4) is 0 Å². The molecule has 4 rings (SSSR count). The molecule has 28 heavy (non-hydrogen) atoms. The summed E-state index contributed by atoms with van der Waals surface area (Å²) in [4.78, 5) is 0. The van der Waals surface area contributed by atoms with Crippen molar-refractivity contribution < 1.29 is 47.8 Å². The van der Waals surface area contributed by atoms with Gasteiger partial charge in [-0.2, -0.15) is 0 Å². The summed E-state index contributed by atoms with van der Waals surface area (Å²) in [5, 5.41) is 0. The van der Waals surface area contributed by atoms with Gasteiger partial charge in [0.1, 0.15) is 0 Å². The van der Waals surface area contributed by atoms with Crippen LogP contribution in [0.15, 0.2) is 47.6 Å². The Hall–Kier alpha value is 0.367. The first-order chi connectivity index (χ1) is 12.5. The van der Waals surface area contributed by atoms with Crippen molar-refractivity contribution in [1.82, 2.24) is 0 Å². The molecule has 156 valence electrons. The van der Waals surface area contributed by atoms with Crippen LogP contribution in [0.4, 0.5) is 0 Å². The molecule has 0 aromatic heterocycles. The Bertz CT molecular complexity index is 541. The van der Waals surface area contributed by atoms with E-state index in [0.29, 0.717) is 0 Å². The van der Waals surface area contributed by atoms with E-state index in [-0.39, 0.29) is 30.3 Å². The molecule has 0 N–H and O–H groups in total. The molecule has 2 fully saturated rings. The van der Waals surface area contributed by atoms with Crippen LogP contribution in [-0.2, 0) is 23.0 Å². The van der Waals surface area contributed by atoms with Gasteiger partial charge >= 0.3 is 41.6 Å². The van der Waals surface area contributed by atoms with Gasteiger partial charge in [0.05, 0.1) is 0 Å². The Kier molecular flexibility index (Phi) is 15.4. The Balaban J connectivity index is 0.000000415. The third-order valence-electron chi connectivity index (χ3n) is 5.71. The van der Waals surface area contributed by atoms with Crippen LogP contribution >= 0.6 is 0 Å². The summed E-state index contributed by atoms with van der Waals surface area (Å²) < 4.78 is 0. The zero-order valence-electron chi connectivity index (χ0n) is 17.9. The van der Waals surface area contributed by atoms with Crippen LogP contribution in [0.5, 0.6) is 0 Å². The molecule has 0 aromatic rings. The second kappa shape index (κ2) is 15.2. The molecule has 0 amide bonds. The minimum atomic E-state index is 0. The van der Waals surface area contributed by atoms with E-state index in [4.69, 9.17) is 0 Å². The van der Waals surface area contributed by atoms with Crippen LogP contribution in [0.1, 0.15) is 52.4 Å². The van der Waals surface area contributed by atoms with Crippen molar-refractivity contribution in [2.75, 3.05) is 0 Å². The molecule has 0 saturated heterocycles. The largest absolute Gasteiger partial charge is 1.00 e. The summed E-state index contributed by atoms with van der Waals surface area (Å²) in [7, 11) is 0. The van der Waals surface area contributed by atoms with Gasteiger partial charge in [-0.15, -0.1) is 24.3 Å². The first-order valence-electron chi connectivity index (χ1n) is 10.5. The maximum absolute atomic E-state index is 2.47. The minimum Gasteiger partial charge on any atom is -1.00 e. The van der Waals surface area contributed by atoms with E-state index in [1.807, 2.05) is 0 Å². The molecule has 0 spiro atoms. The first kappa shape index (κ1) is 28.4. The minimum absolute atomic E-state index is 0. The Morgan fingerprint density at radius 2 is 1.21 bits per heavy atom. The van der Waals surface area contributed by atoms with Crippen LogP contribution < -0.4 is 24.8 Å². The van der Waals surface area contributed by atoms with Crippen molar-refractivity contribution in [2.24, 2.45) is 23.7 Å². The Morgan fingerprint density at radius 1 is 0.857 bits per heavy atom. The van der Waals surface area contributed by atoms with Gasteiger partial charge in [0.2, 0.25) is 0 Å². The van der Waals surface area contributed by atoms with Gasteiger partial charge in [-0.3, -0.25) is 0 Å². The van der Waals surface area contributed by atoms with Crippen molar-refractivity contribution in [3.05, 3.63) is 60.4 Å². The molecule has 0 nitrogen and oxygen atoms in total. The smallest absolute Gasteiger partial charge is 1.00 e. The van der Waals surface area contributed by atoms with Crippen molar-refractivity contribution >= 4 is 5.49 Å². The van der Waals surface area contributed by atoms with Crippen LogP contribution in [0.2, 0.25) is 13.1 Å². The van der Waals surface area contributed by atoms with Gasteiger partial charge in [0.15, 0.2) is 0 Å². The maximum Gasteiger partial charge on any atom is -1.00 e. The summed E-state index contributed by atoms with van der Waals surface area (Å²) in [5.74, 6) is 3.46. The number of hydrogen-bond acceptors (Lipinski definition) is 0. The molecule has 2 saturated carbocycles. The predicted molar refractivity (Wildman–Crippen MR) is 114 cm³/mol. The fraction of sp³-hybridized carbons (Fsp3) is 0.583. The molecule has 4 aliphatic carbocycles. The summed E-state index contributed by atoms with van der Waals surface area (Å²) in [5.41, 5.74) is 3.45. The zero-order valence-corrected chi connectivity index (χ0v) is 24.0. The Morgan fingerprint density at radius 3 is 1.50 bits per heavy atom. The van der Waals surface area contributed by atoms with Gasteiger partial charge < -0.3 is 24.8 Å². The van der Waals surface area contributed by atoms with Crippen molar-refractivity contribution in [1.29, 1.82) is 0 Å². The van der Waals surface area contributed by atoms with E-state index in [9.17, 15) is 0 Å². The van der Waals surface area contributed by atoms with Crippen LogP contribution in [-0.4, -0.2) is 5.49 Å². The fourth-order valence-corrected chi connectivity index (χ4v) is 4.22. The van der Waals surface area contributed by atoms with Crippen molar-refractivity contribution in [3.63, 3.8) is 0 Å². The molecule has 4 unspecified atom stereocenters. The standard InChI is InChI=1S/2C11H15.C2H6Si.2ClH.Hf/c2*1-2-9-7-10-5-3-4-6-11(10)8-9;1-3-2;;;/h2*3-5,7,9,11H,2,6,8H2,1H3;1-2H3;2*1H;/q2*-1;;;;+2/p-2. The number of allylic oxidation sites excluding steroid dienone is 8. The first-order valence-corrected chi connectivity index (χ1v) is 18.4. The van der Waals surface area contributed by atoms with E-state index in [1.165, 1.54) is 61.5 Å². The normalized spacial score (nSPS) is 28.1. The van der Waals surface area contributed by atoms with Gasteiger partial charge in [0.25, 0.3) is 0 Å². The quantitative estimate of drug-likeness (QED) is 0.328. The van der Waals surface area contributed by atoms with Gasteiger partial charge in [0, 0.05) is 0 Å². The number of halogens is 2. The average Bonchev–Trinajstić information content (AvgIpc) is 3.24. The molecular formula is C24H36Cl2HfSi-2. The molecule has 4 heteroatoms. The van der Waals surface area contributed by atoms with E-state index in [2.05, 4.69) is 76.2 Å². The van der Waals surface area contributed by atoms with E-state index in [1.54, 1.807) is 11.1 Å². The van der Waals surface area contributed by atoms with E-state index >= 15 is 0 Å². The van der Waals surface area contributed by atoms with Crippen molar-refractivity contribution in [3.8, 4) is 0 Å². The van der Waals surface area contributed by atoms with Crippen LogP contribution in [0, 0.1) is 36.5 Å². The summed E-state index contributed by atoms with van der Waals surface area (Å²) in [6.45, 7) is 9.23. The summed E-state index contributed by atoms with van der Waals surface area (Å²) >= 11 is 1.45. The van der Waals surface area contributed by atoms with Crippen LogP contribution in [0.25, 0.3) is 0 Å². The SMILES string of the molecule is CCC1[CH-]C2=CC=CCC2C1.CCC1[CH-]C2=CC=CCC2C1.C[Si](C)=[Hf+2].[Cl-].[Cl-]. The molecule has 4 aliphatic rings. The number of hydrogen-bond donors (Lipinski definition) is 0. The molecular weight excluding hydrogens is 566 g/mol. The monoisotopic (exact) mass is 602 g/mol. The third-order valence-corrected chi connectivity index (χ3v) is 5.71. The van der Waals surface area contributed by atoms with Crippen molar-refractivity contribution in [2.45, 2.75) is 65.5 Å². The molecule has 0 aliphatic heterocycles. The second-order valence-corrected chi connectivity index (χ2v) is 21.0. The topological polar surface area (TPSA) is 0 Å². The zero-order chi connectivity index (χ0) is 18.9. The Labute approximate surface area is 201 Å². The second-order valence-electron chi connectivity index (χ2n) is 8.20. The summed E-state index contributed by atoms with van der Waals surface area (Å²) in [6.07, 6.45) is 26.4. The van der Waals surface area contributed by atoms with E-state index < -0.39 is 0 Å². The molecule has 0 heterocycles. The predicted octanol–water partition coefficient (Wildman–Crippen LogP) is 1.04. The molecule has 0 bridgehead atoms. The number of fused-ring (bicyclic) bond motifs is 2. The third kappa shape index (κ3) is 9.45. The average molecular weight is 602 g/mol. The van der Waals surface area contributed by atoms with Gasteiger partial charge in [-0.05, 0) is 24.7 Å². The molecule has 4 atom stereocenters. The number of rotatable bonds is 2. The van der Waals surface area contributed by atoms with Gasteiger partial charge in [-0.1, -0.05) is 51.4 Å². The fourth-order valence-electron chi connectivity index (χ4n) is 4.22. The summed E-state index contributed by atoms with van der Waals surface area (Å²) in [6, 6.07) is 0. The van der Waals surface area contributed by atoms with Gasteiger partial charge in [-0.25, -0.2) is 36.1 Å². The molecule has 0 aromatic carbocycles. The maximum atomic E-state index is 2.47. The van der Waals surface area contributed by atoms with E-state index in [0.717, 1.165) is 23.7 Å². The molecule has 0 radical (unpaired) electrons.